The van der Waals surface area contributed by atoms with E-state index in [9.17, 15) is 14.3 Å². The Balaban J connectivity index is 1.99. The van der Waals surface area contributed by atoms with E-state index >= 15 is 0 Å². The summed E-state index contributed by atoms with van der Waals surface area (Å²) >= 11 is 0. The third-order valence-corrected chi connectivity index (χ3v) is 4.16. The highest BCUT2D eigenvalue weighted by Crippen LogP contribution is 2.23. The van der Waals surface area contributed by atoms with Crippen molar-refractivity contribution in [3.8, 4) is 5.75 Å². The predicted octanol–water partition coefficient (Wildman–Crippen LogP) is 2.70. The van der Waals surface area contributed by atoms with Gasteiger partial charge in [0, 0.05) is 6.54 Å². The molecular formula is C18H19FN2O3. The molecule has 1 N–H and O–H groups in total. The van der Waals surface area contributed by atoms with Crippen molar-refractivity contribution < 1.29 is 14.2 Å². The van der Waals surface area contributed by atoms with Gasteiger partial charge in [0.2, 0.25) is 0 Å². The smallest absolute Gasteiger partial charge is 0.329 e. The molecule has 0 aliphatic rings. The number of aromatic nitrogens is 2. The molecule has 1 heterocycles. The molecule has 3 rings (SSSR count). The number of aliphatic hydroxyl groups is 1. The summed E-state index contributed by atoms with van der Waals surface area (Å²) in [6.45, 7) is 2.49. The van der Waals surface area contributed by atoms with Crippen molar-refractivity contribution in [3.05, 3.63) is 64.3 Å². The van der Waals surface area contributed by atoms with E-state index in [1.165, 1.54) is 23.8 Å². The van der Waals surface area contributed by atoms with Gasteiger partial charge in [-0.3, -0.25) is 9.13 Å². The number of aryl methyl sites for hydroxylation is 1. The van der Waals surface area contributed by atoms with Crippen molar-refractivity contribution in [2.24, 2.45) is 0 Å². The van der Waals surface area contributed by atoms with Gasteiger partial charge in [-0.25, -0.2) is 9.18 Å². The van der Waals surface area contributed by atoms with E-state index in [-0.39, 0.29) is 18.0 Å². The summed E-state index contributed by atoms with van der Waals surface area (Å²) in [6.07, 6.45) is -1.00. The molecule has 0 saturated heterocycles. The lowest BCUT2D eigenvalue weighted by molar-refractivity contribution is 0.156. The summed E-state index contributed by atoms with van der Waals surface area (Å²) in [5.41, 5.74) is 1.77. The molecule has 6 heteroatoms. The van der Waals surface area contributed by atoms with E-state index < -0.39 is 11.9 Å². The minimum absolute atomic E-state index is 0.0537. The zero-order valence-electron chi connectivity index (χ0n) is 13.6. The highest BCUT2D eigenvalue weighted by Gasteiger charge is 2.17. The number of para-hydroxylation sites is 2. The van der Waals surface area contributed by atoms with E-state index in [1.54, 1.807) is 10.6 Å². The number of fused-ring (bicyclic) bond motifs is 1. The van der Waals surface area contributed by atoms with Gasteiger partial charge < -0.3 is 9.84 Å². The first-order valence-corrected chi connectivity index (χ1v) is 7.76. The van der Waals surface area contributed by atoms with Crippen molar-refractivity contribution in [2.45, 2.75) is 26.1 Å². The number of imidazole rings is 1. The highest BCUT2D eigenvalue weighted by atomic mass is 19.1. The third kappa shape index (κ3) is 2.69. The van der Waals surface area contributed by atoms with Crippen LogP contribution in [0, 0.1) is 5.82 Å². The molecular weight excluding hydrogens is 311 g/mol. The zero-order valence-corrected chi connectivity index (χ0v) is 13.6. The molecule has 24 heavy (non-hydrogen) atoms. The molecule has 0 saturated carbocycles. The van der Waals surface area contributed by atoms with E-state index in [2.05, 4.69) is 0 Å². The standard InChI is InChI=1S/C18H19FN2O3/c1-3-20-14-6-4-5-7-15(14)21(18(20)23)11-16(22)12-8-9-17(24-2)13(19)10-12/h4-10,16,22H,3,11H2,1-2H3. The first-order chi connectivity index (χ1) is 11.6. The maximum atomic E-state index is 13.8. The summed E-state index contributed by atoms with van der Waals surface area (Å²) in [7, 11) is 1.38. The molecule has 0 spiro atoms. The molecule has 0 amide bonds. The van der Waals surface area contributed by atoms with Gasteiger partial charge in [0.15, 0.2) is 11.6 Å². The second-order valence-electron chi connectivity index (χ2n) is 5.54. The molecule has 5 nitrogen and oxygen atoms in total. The molecule has 126 valence electrons. The van der Waals surface area contributed by atoms with Crippen LogP contribution >= 0.6 is 0 Å². The van der Waals surface area contributed by atoms with Gasteiger partial charge in [0.1, 0.15) is 0 Å². The minimum Gasteiger partial charge on any atom is -0.494 e. The van der Waals surface area contributed by atoms with Crippen LogP contribution in [-0.4, -0.2) is 21.4 Å². The Bertz CT molecular complexity index is 930. The largest absolute Gasteiger partial charge is 0.494 e. The van der Waals surface area contributed by atoms with Crippen LogP contribution in [0.2, 0.25) is 0 Å². The Kier molecular flexibility index (Phi) is 4.40. The second-order valence-corrected chi connectivity index (χ2v) is 5.54. The van der Waals surface area contributed by atoms with Crippen molar-refractivity contribution in [1.29, 1.82) is 0 Å². The summed E-state index contributed by atoms with van der Waals surface area (Å²) in [5.74, 6) is -0.428. The predicted molar refractivity (Wildman–Crippen MR) is 89.8 cm³/mol. The van der Waals surface area contributed by atoms with Gasteiger partial charge in [0.05, 0.1) is 30.8 Å². The van der Waals surface area contributed by atoms with Gasteiger partial charge in [-0.05, 0) is 36.8 Å². The molecule has 3 aromatic rings. The lowest BCUT2D eigenvalue weighted by Gasteiger charge is -2.13. The van der Waals surface area contributed by atoms with Crippen LogP contribution in [0.3, 0.4) is 0 Å². The maximum Gasteiger partial charge on any atom is 0.329 e. The van der Waals surface area contributed by atoms with Gasteiger partial charge in [-0.15, -0.1) is 0 Å². The highest BCUT2D eigenvalue weighted by molar-refractivity contribution is 5.76. The fourth-order valence-corrected chi connectivity index (χ4v) is 2.92. The normalized spacial score (nSPS) is 12.5. The lowest BCUT2D eigenvalue weighted by atomic mass is 10.1. The lowest BCUT2D eigenvalue weighted by Crippen LogP contribution is -2.26. The maximum absolute atomic E-state index is 13.8. The van der Waals surface area contributed by atoms with Gasteiger partial charge in [-0.2, -0.15) is 0 Å². The Labute approximate surface area is 138 Å². The van der Waals surface area contributed by atoms with Crippen LogP contribution in [0.25, 0.3) is 11.0 Å². The average molecular weight is 330 g/mol. The summed E-state index contributed by atoms with van der Waals surface area (Å²) in [6, 6.07) is 11.7. The fraction of sp³-hybridized carbons (Fsp3) is 0.278. The molecule has 0 aliphatic heterocycles. The van der Waals surface area contributed by atoms with Gasteiger partial charge in [0.25, 0.3) is 0 Å². The summed E-state index contributed by atoms with van der Waals surface area (Å²) in [5, 5.41) is 10.5. The monoisotopic (exact) mass is 330 g/mol. The summed E-state index contributed by atoms with van der Waals surface area (Å²) in [4.78, 5) is 12.6. The number of methoxy groups -OCH3 is 1. The van der Waals surface area contributed by atoms with Crippen LogP contribution in [0.5, 0.6) is 5.75 Å². The van der Waals surface area contributed by atoms with E-state index in [1.807, 2.05) is 31.2 Å². The number of benzene rings is 2. The van der Waals surface area contributed by atoms with Crippen molar-refractivity contribution in [3.63, 3.8) is 0 Å². The first kappa shape index (κ1) is 16.3. The Morgan fingerprint density at radius 2 is 1.83 bits per heavy atom. The average Bonchev–Trinajstić information content (AvgIpc) is 2.86. The van der Waals surface area contributed by atoms with Crippen LogP contribution in [0.1, 0.15) is 18.6 Å². The number of nitrogens with zero attached hydrogens (tertiary/aromatic N) is 2. The van der Waals surface area contributed by atoms with E-state index in [4.69, 9.17) is 4.74 Å². The van der Waals surface area contributed by atoms with E-state index in [0.29, 0.717) is 12.1 Å². The van der Waals surface area contributed by atoms with Crippen LogP contribution in [0.4, 0.5) is 4.39 Å². The number of hydrogen-bond donors (Lipinski definition) is 1. The Morgan fingerprint density at radius 3 is 2.42 bits per heavy atom. The van der Waals surface area contributed by atoms with E-state index in [0.717, 1.165) is 11.0 Å². The molecule has 1 atom stereocenters. The topological polar surface area (TPSA) is 56.4 Å². The zero-order chi connectivity index (χ0) is 17.3. The minimum atomic E-state index is -1.00. The van der Waals surface area contributed by atoms with Crippen molar-refractivity contribution in [1.82, 2.24) is 9.13 Å². The molecule has 2 aromatic carbocycles. The molecule has 0 bridgehead atoms. The first-order valence-electron chi connectivity index (χ1n) is 7.76. The number of aliphatic hydroxyl groups excluding tert-OH is 1. The molecule has 0 radical (unpaired) electrons. The van der Waals surface area contributed by atoms with Crippen LogP contribution in [0.15, 0.2) is 47.3 Å². The number of halogens is 1. The number of ether oxygens (including phenoxy) is 1. The SMILES string of the molecule is CCn1c(=O)n(CC(O)c2ccc(OC)c(F)c2)c2ccccc21. The summed E-state index contributed by atoms with van der Waals surface area (Å²) < 4.78 is 21.9. The molecule has 1 unspecified atom stereocenters. The quantitative estimate of drug-likeness (QED) is 0.782. The second kappa shape index (κ2) is 6.49. The fourth-order valence-electron chi connectivity index (χ4n) is 2.92. The van der Waals surface area contributed by atoms with Crippen molar-refractivity contribution >= 4 is 11.0 Å². The van der Waals surface area contributed by atoms with Crippen LogP contribution in [-0.2, 0) is 13.1 Å². The van der Waals surface area contributed by atoms with Gasteiger partial charge >= 0.3 is 5.69 Å². The van der Waals surface area contributed by atoms with Crippen molar-refractivity contribution in [2.75, 3.05) is 7.11 Å². The molecule has 0 fully saturated rings. The molecule has 0 aliphatic carbocycles. The Morgan fingerprint density at radius 1 is 1.17 bits per heavy atom. The number of hydrogen-bond acceptors (Lipinski definition) is 3. The Hall–Kier alpha value is -2.60. The van der Waals surface area contributed by atoms with Crippen LogP contribution < -0.4 is 10.4 Å². The third-order valence-electron chi connectivity index (χ3n) is 4.16. The molecule has 1 aromatic heterocycles. The van der Waals surface area contributed by atoms with Gasteiger partial charge in [-0.1, -0.05) is 18.2 Å². The number of rotatable bonds is 5.